The highest BCUT2D eigenvalue weighted by Gasteiger charge is 2.31. The van der Waals surface area contributed by atoms with E-state index in [1.54, 1.807) is 19.1 Å². The van der Waals surface area contributed by atoms with Crippen LogP contribution in [0.25, 0.3) is 0 Å². The third kappa shape index (κ3) is 3.72. The smallest absolute Gasteiger partial charge is 0.238 e. The zero-order valence-corrected chi connectivity index (χ0v) is 13.0. The highest BCUT2D eigenvalue weighted by Crippen LogP contribution is 2.24. The lowest BCUT2D eigenvalue weighted by atomic mass is 10.2. The van der Waals surface area contributed by atoms with E-state index in [9.17, 15) is 13.2 Å². The van der Waals surface area contributed by atoms with Crippen LogP contribution in [0.4, 0.5) is 5.69 Å². The van der Waals surface area contributed by atoms with E-state index >= 15 is 0 Å². The maximum absolute atomic E-state index is 12.4. The first-order valence-corrected chi connectivity index (χ1v) is 8.23. The number of benzene rings is 1. The number of carbonyl (C=O) groups excluding carboxylic acids is 1. The van der Waals surface area contributed by atoms with Crippen LogP contribution in [0.5, 0.6) is 0 Å². The molecule has 5 nitrogen and oxygen atoms in total. The van der Waals surface area contributed by atoms with Crippen molar-refractivity contribution < 1.29 is 13.2 Å². The molecule has 1 aromatic carbocycles. The van der Waals surface area contributed by atoms with Gasteiger partial charge in [-0.3, -0.25) is 4.79 Å². The number of nitrogens with one attached hydrogen (secondary N) is 1. The van der Waals surface area contributed by atoms with E-state index in [-0.39, 0.29) is 10.6 Å². The Kier molecular flexibility index (Phi) is 5.56. The largest absolute Gasteiger partial charge is 0.398 e. The van der Waals surface area contributed by atoms with Gasteiger partial charge in [-0.25, -0.2) is 8.42 Å². The van der Waals surface area contributed by atoms with Crippen LogP contribution >= 0.6 is 0 Å². The molecule has 0 fully saturated rings. The molecule has 1 unspecified atom stereocenters. The quantitative estimate of drug-likeness (QED) is 0.617. The third-order valence-electron chi connectivity index (χ3n) is 3.14. The molecule has 1 amide bonds. The van der Waals surface area contributed by atoms with Crippen molar-refractivity contribution in [3.05, 3.63) is 23.8 Å². The van der Waals surface area contributed by atoms with Crippen LogP contribution in [-0.2, 0) is 14.6 Å². The SMILES string of the molecule is CCCCNC(=O)C(C)S(=O)(=O)c1cc(C)ccc1N. The normalized spacial score (nSPS) is 12.9. The first-order chi connectivity index (χ1) is 9.30. The molecule has 0 bridgehead atoms. The number of nitrogens with two attached hydrogens (primary N) is 1. The molecule has 112 valence electrons. The number of anilines is 1. The topological polar surface area (TPSA) is 89.3 Å². The zero-order valence-electron chi connectivity index (χ0n) is 12.1. The molecule has 1 rings (SSSR count). The van der Waals surface area contributed by atoms with E-state index in [1.807, 2.05) is 6.92 Å². The fourth-order valence-corrected chi connectivity index (χ4v) is 3.24. The number of unbranched alkanes of at least 4 members (excludes halogenated alkanes) is 1. The molecule has 1 aromatic rings. The molecule has 20 heavy (non-hydrogen) atoms. The lowest BCUT2D eigenvalue weighted by Crippen LogP contribution is -2.38. The van der Waals surface area contributed by atoms with E-state index in [1.165, 1.54) is 13.0 Å². The number of nitrogen functional groups attached to an aromatic ring is 1. The second-order valence-corrected chi connectivity index (χ2v) is 7.11. The Labute approximate surface area is 120 Å². The van der Waals surface area contributed by atoms with Crippen molar-refractivity contribution in [3.8, 4) is 0 Å². The molecule has 1 atom stereocenters. The Morgan fingerprint density at radius 2 is 2.05 bits per heavy atom. The van der Waals surface area contributed by atoms with Gasteiger partial charge in [0.05, 0.1) is 10.6 Å². The number of carbonyl (C=O) groups is 1. The van der Waals surface area contributed by atoms with Gasteiger partial charge < -0.3 is 11.1 Å². The molecule has 0 saturated carbocycles. The van der Waals surface area contributed by atoms with Gasteiger partial charge in [-0.2, -0.15) is 0 Å². The summed E-state index contributed by atoms with van der Waals surface area (Å²) in [5, 5.41) is 1.48. The number of rotatable bonds is 6. The van der Waals surface area contributed by atoms with Gasteiger partial charge in [0.25, 0.3) is 0 Å². The van der Waals surface area contributed by atoms with Gasteiger partial charge in [-0.1, -0.05) is 19.4 Å². The van der Waals surface area contributed by atoms with E-state index < -0.39 is 21.0 Å². The summed E-state index contributed by atoms with van der Waals surface area (Å²) in [6.07, 6.45) is 1.76. The molecule has 0 aromatic heterocycles. The summed E-state index contributed by atoms with van der Waals surface area (Å²) in [7, 11) is -3.77. The molecular formula is C14H22N2O3S. The van der Waals surface area contributed by atoms with Crippen molar-refractivity contribution in [2.24, 2.45) is 0 Å². The van der Waals surface area contributed by atoms with Crippen molar-refractivity contribution in [2.45, 2.75) is 43.8 Å². The summed E-state index contributed by atoms with van der Waals surface area (Å²) in [5.74, 6) is -0.487. The average molecular weight is 298 g/mol. The average Bonchev–Trinajstić information content (AvgIpc) is 2.40. The first kappa shape index (κ1) is 16.5. The summed E-state index contributed by atoms with van der Waals surface area (Å²) < 4.78 is 24.9. The monoisotopic (exact) mass is 298 g/mol. The molecular weight excluding hydrogens is 276 g/mol. The van der Waals surface area contributed by atoms with Crippen molar-refractivity contribution in [3.63, 3.8) is 0 Å². The van der Waals surface area contributed by atoms with Gasteiger partial charge in [0, 0.05) is 6.54 Å². The maximum atomic E-state index is 12.4. The molecule has 6 heteroatoms. The molecule has 3 N–H and O–H groups in total. The van der Waals surface area contributed by atoms with Crippen LogP contribution in [-0.4, -0.2) is 26.1 Å². The maximum Gasteiger partial charge on any atom is 0.238 e. The van der Waals surface area contributed by atoms with Crippen molar-refractivity contribution in [1.29, 1.82) is 0 Å². The molecule has 0 heterocycles. The molecule has 0 radical (unpaired) electrons. The zero-order chi connectivity index (χ0) is 15.3. The minimum absolute atomic E-state index is 0.0237. The van der Waals surface area contributed by atoms with E-state index in [4.69, 9.17) is 5.73 Å². The lowest BCUT2D eigenvalue weighted by Gasteiger charge is -2.15. The minimum Gasteiger partial charge on any atom is -0.398 e. The summed E-state index contributed by atoms with van der Waals surface area (Å²) in [6.45, 7) is 5.65. The van der Waals surface area contributed by atoms with Crippen molar-refractivity contribution >= 4 is 21.4 Å². The molecule has 0 saturated heterocycles. The Morgan fingerprint density at radius 1 is 1.40 bits per heavy atom. The van der Waals surface area contributed by atoms with Crippen molar-refractivity contribution in [2.75, 3.05) is 12.3 Å². The minimum atomic E-state index is -3.77. The first-order valence-electron chi connectivity index (χ1n) is 6.68. The molecule has 0 aliphatic carbocycles. The summed E-state index contributed by atoms with van der Waals surface area (Å²) in [4.78, 5) is 11.9. The number of hydrogen-bond donors (Lipinski definition) is 2. The van der Waals surface area contributed by atoms with E-state index in [0.29, 0.717) is 6.54 Å². The van der Waals surface area contributed by atoms with Gasteiger partial charge >= 0.3 is 0 Å². The van der Waals surface area contributed by atoms with Gasteiger partial charge in [-0.15, -0.1) is 0 Å². The van der Waals surface area contributed by atoms with Crippen molar-refractivity contribution in [1.82, 2.24) is 5.32 Å². The number of aryl methyl sites for hydroxylation is 1. The van der Waals surface area contributed by atoms with E-state index in [0.717, 1.165) is 18.4 Å². The van der Waals surface area contributed by atoms with Crippen LogP contribution < -0.4 is 11.1 Å². The van der Waals surface area contributed by atoms with Crippen LogP contribution in [0, 0.1) is 6.92 Å². The molecule has 0 aliphatic heterocycles. The third-order valence-corrected chi connectivity index (χ3v) is 5.25. The fraction of sp³-hybridized carbons (Fsp3) is 0.500. The Bertz CT molecular complexity index is 582. The predicted molar refractivity (Wildman–Crippen MR) is 80.2 cm³/mol. The highest BCUT2D eigenvalue weighted by molar-refractivity contribution is 7.93. The van der Waals surface area contributed by atoms with Gasteiger partial charge in [0.15, 0.2) is 9.84 Å². The standard InChI is InChI=1S/C14H22N2O3S/c1-4-5-8-16-14(17)11(3)20(18,19)13-9-10(2)6-7-12(13)15/h6-7,9,11H,4-5,8,15H2,1-3H3,(H,16,17). The summed E-state index contributed by atoms with van der Waals surface area (Å²) in [5.41, 5.74) is 6.68. The predicted octanol–water partition coefficient (Wildman–Crippen LogP) is 1.66. The van der Waals surface area contributed by atoms with Crippen LogP contribution in [0.15, 0.2) is 23.1 Å². The van der Waals surface area contributed by atoms with Gasteiger partial charge in [0.2, 0.25) is 5.91 Å². The van der Waals surface area contributed by atoms with Gasteiger partial charge in [-0.05, 0) is 38.0 Å². The number of amides is 1. The summed E-state index contributed by atoms with van der Waals surface area (Å²) in [6, 6.07) is 4.78. The lowest BCUT2D eigenvalue weighted by molar-refractivity contribution is -0.120. The molecule has 0 aliphatic rings. The number of sulfone groups is 1. The Balaban J connectivity index is 2.98. The van der Waals surface area contributed by atoms with Crippen LogP contribution in [0.2, 0.25) is 0 Å². The summed E-state index contributed by atoms with van der Waals surface area (Å²) >= 11 is 0. The Morgan fingerprint density at radius 3 is 2.65 bits per heavy atom. The van der Waals surface area contributed by atoms with Gasteiger partial charge in [0.1, 0.15) is 5.25 Å². The van der Waals surface area contributed by atoms with Crippen LogP contribution in [0.3, 0.4) is 0 Å². The fourth-order valence-electron chi connectivity index (χ4n) is 1.75. The molecule has 0 spiro atoms. The second kappa shape index (κ2) is 6.74. The van der Waals surface area contributed by atoms with E-state index in [2.05, 4.69) is 5.32 Å². The second-order valence-electron chi connectivity index (χ2n) is 4.87. The highest BCUT2D eigenvalue weighted by atomic mass is 32.2. The number of hydrogen-bond acceptors (Lipinski definition) is 4. The van der Waals surface area contributed by atoms with Crippen LogP contribution in [0.1, 0.15) is 32.3 Å². The Hall–Kier alpha value is -1.56.